The third-order valence-electron chi connectivity index (χ3n) is 2.36. The van der Waals surface area contributed by atoms with Crippen molar-refractivity contribution in [3.05, 3.63) is 30.6 Å². The SMILES string of the molecule is [Na+].[Na+].[O-]P([O-])(=S)CCCn1cnc2ccccc21. The van der Waals surface area contributed by atoms with E-state index >= 15 is 0 Å². The van der Waals surface area contributed by atoms with Crippen LogP contribution >= 0.6 is 6.49 Å². The second-order valence-corrected chi connectivity index (χ2v) is 6.95. The van der Waals surface area contributed by atoms with Crippen molar-refractivity contribution < 1.29 is 68.9 Å². The molecule has 0 bridgehead atoms. The second-order valence-electron chi connectivity index (χ2n) is 3.61. The Hall–Kier alpha value is 1.26. The predicted octanol–water partition coefficient (Wildman–Crippen LogP) is -5.54. The molecule has 1 aromatic carbocycles. The molecule has 0 saturated heterocycles. The monoisotopic (exact) mass is 300 g/mol. The third kappa shape index (κ3) is 5.71. The van der Waals surface area contributed by atoms with E-state index in [9.17, 15) is 9.79 Å². The third-order valence-corrected chi connectivity index (χ3v) is 3.77. The Morgan fingerprint density at radius 3 is 2.56 bits per heavy atom. The van der Waals surface area contributed by atoms with Crippen molar-refractivity contribution in [2.24, 2.45) is 0 Å². The normalized spacial score (nSPS) is 10.8. The molecule has 0 atom stereocenters. The van der Waals surface area contributed by atoms with Crippen molar-refractivity contribution in [3.8, 4) is 0 Å². The van der Waals surface area contributed by atoms with E-state index < -0.39 is 6.49 Å². The van der Waals surface area contributed by atoms with Gasteiger partial charge in [0.2, 0.25) is 0 Å². The zero-order valence-corrected chi connectivity index (χ0v) is 16.3. The zero-order chi connectivity index (χ0) is 11.6. The minimum Gasteiger partial charge on any atom is -0.832 e. The fourth-order valence-electron chi connectivity index (χ4n) is 1.62. The summed E-state index contributed by atoms with van der Waals surface area (Å²) in [5.74, 6) is 0. The van der Waals surface area contributed by atoms with Crippen molar-refractivity contribution in [1.29, 1.82) is 0 Å². The van der Waals surface area contributed by atoms with Gasteiger partial charge in [-0.25, -0.2) is 11.5 Å². The quantitative estimate of drug-likeness (QED) is 0.417. The van der Waals surface area contributed by atoms with E-state index in [-0.39, 0.29) is 65.3 Å². The first-order valence-electron chi connectivity index (χ1n) is 4.97. The average Bonchev–Trinajstić information content (AvgIpc) is 2.60. The summed E-state index contributed by atoms with van der Waals surface area (Å²) in [4.78, 5) is 25.9. The minimum absolute atomic E-state index is 0. The molecular weight excluding hydrogens is 289 g/mol. The number of fused-ring (bicyclic) bond motifs is 1. The first-order chi connectivity index (χ1) is 7.56. The van der Waals surface area contributed by atoms with Gasteiger partial charge in [-0.05, 0) is 24.7 Å². The van der Waals surface area contributed by atoms with E-state index in [1.165, 1.54) is 0 Å². The molecule has 0 radical (unpaired) electrons. The van der Waals surface area contributed by atoms with Crippen LogP contribution in [0.4, 0.5) is 0 Å². The molecule has 0 aliphatic carbocycles. The van der Waals surface area contributed by atoms with E-state index in [2.05, 4.69) is 16.8 Å². The van der Waals surface area contributed by atoms with Crippen LogP contribution in [-0.2, 0) is 18.4 Å². The maximum Gasteiger partial charge on any atom is 1.00 e. The Morgan fingerprint density at radius 2 is 1.89 bits per heavy atom. The van der Waals surface area contributed by atoms with Crippen molar-refractivity contribution >= 4 is 29.3 Å². The summed E-state index contributed by atoms with van der Waals surface area (Å²) in [6, 6.07) is 7.76. The van der Waals surface area contributed by atoms with Crippen LogP contribution in [0.5, 0.6) is 0 Å². The van der Waals surface area contributed by atoms with Gasteiger partial charge in [-0.3, -0.25) is 0 Å². The summed E-state index contributed by atoms with van der Waals surface area (Å²) in [5, 5.41) is 0. The Balaban J connectivity index is 0.00000144. The van der Waals surface area contributed by atoms with Crippen molar-refractivity contribution in [1.82, 2.24) is 9.55 Å². The van der Waals surface area contributed by atoms with Gasteiger partial charge in [-0.1, -0.05) is 12.1 Å². The molecule has 0 unspecified atom stereocenters. The van der Waals surface area contributed by atoms with Gasteiger partial charge in [0.05, 0.1) is 17.4 Å². The molecule has 8 heteroatoms. The summed E-state index contributed by atoms with van der Waals surface area (Å²) in [7, 11) is 0. The van der Waals surface area contributed by atoms with Gasteiger partial charge in [0.1, 0.15) is 0 Å². The van der Waals surface area contributed by atoms with Gasteiger partial charge in [0, 0.05) is 6.54 Å². The molecule has 0 amide bonds. The molecule has 2 rings (SSSR count). The fraction of sp³-hybridized carbons (Fsp3) is 0.300. The first kappa shape index (κ1) is 19.3. The van der Waals surface area contributed by atoms with Crippen LogP contribution in [0.25, 0.3) is 11.0 Å². The number of hydrogen-bond acceptors (Lipinski definition) is 4. The molecule has 4 nitrogen and oxygen atoms in total. The van der Waals surface area contributed by atoms with Crippen molar-refractivity contribution in [2.45, 2.75) is 13.0 Å². The number of hydrogen-bond donors (Lipinski definition) is 0. The van der Waals surface area contributed by atoms with E-state index in [1.807, 2.05) is 28.8 Å². The van der Waals surface area contributed by atoms with Crippen LogP contribution in [0.3, 0.4) is 0 Å². The molecule has 0 fully saturated rings. The van der Waals surface area contributed by atoms with Gasteiger partial charge in [-0.15, -0.1) is 11.8 Å². The van der Waals surface area contributed by atoms with Crippen LogP contribution in [0.2, 0.25) is 0 Å². The largest absolute Gasteiger partial charge is 1.00 e. The van der Waals surface area contributed by atoms with Crippen LogP contribution in [0.15, 0.2) is 30.6 Å². The van der Waals surface area contributed by atoms with Gasteiger partial charge >= 0.3 is 59.1 Å². The van der Waals surface area contributed by atoms with Gasteiger partial charge < -0.3 is 14.4 Å². The number of imidazole rings is 1. The molecule has 0 aliphatic rings. The smallest absolute Gasteiger partial charge is 0.832 e. The minimum atomic E-state index is -3.54. The molecule has 0 spiro atoms. The second kappa shape index (κ2) is 8.53. The summed E-state index contributed by atoms with van der Waals surface area (Å²) < 4.78 is 1.94. The number of aromatic nitrogens is 2. The molecule has 0 saturated carbocycles. The molecule has 18 heavy (non-hydrogen) atoms. The average molecular weight is 300 g/mol. The van der Waals surface area contributed by atoms with Gasteiger partial charge in [0.15, 0.2) is 0 Å². The Morgan fingerprint density at radius 1 is 1.22 bits per heavy atom. The van der Waals surface area contributed by atoms with Gasteiger partial charge in [-0.2, -0.15) is 0 Å². The number of aryl methyl sites for hydroxylation is 1. The Kier molecular flexibility index (Phi) is 9.12. The predicted molar refractivity (Wildman–Crippen MR) is 63.5 cm³/mol. The first-order valence-corrected chi connectivity index (χ1v) is 7.79. The van der Waals surface area contributed by atoms with E-state index in [1.54, 1.807) is 6.33 Å². The van der Waals surface area contributed by atoms with Crippen molar-refractivity contribution in [2.75, 3.05) is 6.16 Å². The molecular formula is C10H11N2Na2O2PS. The fourth-order valence-corrected chi connectivity index (χ4v) is 2.54. The molecule has 1 aromatic heterocycles. The maximum atomic E-state index is 10.8. The van der Waals surface area contributed by atoms with E-state index in [0.717, 1.165) is 11.0 Å². The number of para-hydroxylation sites is 2. The van der Waals surface area contributed by atoms with Crippen LogP contribution < -0.4 is 68.9 Å². The van der Waals surface area contributed by atoms with Crippen LogP contribution in [0, 0.1) is 0 Å². The number of rotatable bonds is 4. The molecule has 1 heterocycles. The maximum absolute atomic E-state index is 10.8. The summed E-state index contributed by atoms with van der Waals surface area (Å²) in [6.45, 7) is -2.92. The Bertz CT molecular complexity index is 543. The molecule has 0 N–H and O–H groups in total. The van der Waals surface area contributed by atoms with Crippen LogP contribution in [-0.4, -0.2) is 15.7 Å². The summed E-state index contributed by atoms with van der Waals surface area (Å²) in [5.41, 5.74) is 1.94. The standard InChI is InChI=1S/C10H13N2O2PS.2Na/c13-15(14,16)7-3-6-12-8-11-9-4-1-2-5-10(9)12;;/h1-2,4-5,8H,3,6-7H2,(H2,13,14,16);;/q;2*+1/p-2. The number of nitrogens with zero attached hydrogens (tertiary/aromatic N) is 2. The van der Waals surface area contributed by atoms with Gasteiger partial charge in [0.25, 0.3) is 0 Å². The Labute approximate surface area is 156 Å². The molecule has 86 valence electrons. The van der Waals surface area contributed by atoms with Crippen molar-refractivity contribution in [3.63, 3.8) is 0 Å². The summed E-state index contributed by atoms with van der Waals surface area (Å²) >= 11 is 4.35. The van der Waals surface area contributed by atoms with E-state index in [4.69, 9.17) is 0 Å². The summed E-state index contributed by atoms with van der Waals surface area (Å²) in [6.07, 6.45) is 2.32. The topological polar surface area (TPSA) is 63.9 Å². The van der Waals surface area contributed by atoms with Crippen LogP contribution in [0.1, 0.15) is 6.42 Å². The number of benzene rings is 1. The molecule has 0 aliphatic heterocycles. The van der Waals surface area contributed by atoms with E-state index in [0.29, 0.717) is 13.0 Å². The molecule has 2 aromatic rings. The zero-order valence-electron chi connectivity index (χ0n) is 10.6.